The average molecular weight is 246 g/mol. The van der Waals surface area contributed by atoms with E-state index >= 15 is 0 Å². The summed E-state index contributed by atoms with van der Waals surface area (Å²) in [5, 5.41) is 3.52. The normalized spacial score (nSPS) is 13.1. The molecule has 1 unspecified atom stereocenters. The number of nitrogens with one attached hydrogen (secondary N) is 1. The van der Waals surface area contributed by atoms with Crippen molar-refractivity contribution in [1.29, 1.82) is 0 Å². The Morgan fingerprint density at radius 3 is 2.62 bits per heavy atom. The molecule has 1 atom stereocenters. The highest BCUT2D eigenvalue weighted by molar-refractivity contribution is 6.31. The zero-order valence-corrected chi connectivity index (χ0v) is 10.5. The maximum absolute atomic E-state index is 12.9. The van der Waals surface area contributed by atoms with Gasteiger partial charge in [-0.05, 0) is 38.6 Å². The molecule has 0 aromatic heterocycles. The van der Waals surface area contributed by atoms with Gasteiger partial charge in [-0.15, -0.1) is 0 Å². The Hall–Kier alpha value is -0.640. The summed E-state index contributed by atoms with van der Waals surface area (Å²) >= 11 is 5.98. The van der Waals surface area contributed by atoms with E-state index in [-0.39, 0.29) is 18.0 Å². The monoisotopic (exact) mass is 245 g/mol. The topological polar surface area (TPSA) is 21.3 Å². The third kappa shape index (κ3) is 3.74. The summed E-state index contributed by atoms with van der Waals surface area (Å²) in [7, 11) is 1.83. The maximum atomic E-state index is 12.9. The Balaban J connectivity index is 2.78. The van der Waals surface area contributed by atoms with Crippen LogP contribution >= 0.6 is 11.6 Å². The molecular formula is C12H17ClFNO. The van der Waals surface area contributed by atoms with Crippen molar-refractivity contribution in [3.05, 3.63) is 34.6 Å². The first-order chi connectivity index (χ1) is 7.54. The van der Waals surface area contributed by atoms with Crippen molar-refractivity contribution in [3.63, 3.8) is 0 Å². The van der Waals surface area contributed by atoms with E-state index in [1.165, 1.54) is 12.1 Å². The van der Waals surface area contributed by atoms with Crippen LogP contribution in [-0.2, 0) is 4.74 Å². The molecule has 16 heavy (non-hydrogen) atoms. The second-order valence-electron chi connectivity index (χ2n) is 3.89. The van der Waals surface area contributed by atoms with Gasteiger partial charge in [0.1, 0.15) is 5.82 Å². The second-order valence-corrected chi connectivity index (χ2v) is 4.30. The SMILES string of the molecule is CNC(COC(C)C)c1ccc(F)cc1Cl. The van der Waals surface area contributed by atoms with Gasteiger partial charge in [-0.3, -0.25) is 0 Å². The van der Waals surface area contributed by atoms with Gasteiger partial charge in [0.15, 0.2) is 0 Å². The van der Waals surface area contributed by atoms with Crippen LogP contribution in [0, 0.1) is 5.82 Å². The van der Waals surface area contributed by atoms with Gasteiger partial charge < -0.3 is 10.1 Å². The van der Waals surface area contributed by atoms with Crippen LogP contribution in [0.15, 0.2) is 18.2 Å². The van der Waals surface area contributed by atoms with E-state index in [9.17, 15) is 4.39 Å². The van der Waals surface area contributed by atoms with Gasteiger partial charge in [0.2, 0.25) is 0 Å². The fraction of sp³-hybridized carbons (Fsp3) is 0.500. The molecule has 90 valence electrons. The number of hydrogen-bond donors (Lipinski definition) is 1. The number of benzene rings is 1. The molecule has 0 saturated heterocycles. The molecule has 0 aliphatic rings. The van der Waals surface area contributed by atoms with Crippen molar-refractivity contribution >= 4 is 11.6 Å². The Morgan fingerprint density at radius 1 is 1.44 bits per heavy atom. The lowest BCUT2D eigenvalue weighted by Crippen LogP contribution is -2.23. The molecule has 1 N–H and O–H groups in total. The molecule has 0 aliphatic carbocycles. The smallest absolute Gasteiger partial charge is 0.124 e. The maximum Gasteiger partial charge on any atom is 0.124 e. The molecule has 0 aliphatic heterocycles. The molecule has 0 spiro atoms. The summed E-state index contributed by atoms with van der Waals surface area (Å²) in [5.74, 6) is -0.326. The minimum Gasteiger partial charge on any atom is -0.377 e. The van der Waals surface area contributed by atoms with Gasteiger partial charge >= 0.3 is 0 Å². The van der Waals surface area contributed by atoms with Crippen molar-refractivity contribution in [1.82, 2.24) is 5.32 Å². The van der Waals surface area contributed by atoms with Gasteiger partial charge in [0.25, 0.3) is 0 Å². The summed E-state index contributed by atoms with van der Waals surface area (Å²) in [6.45, 7) is 4.46. The lowest BCUT2D eigenvalue weighted by Gasteiger charge is -2.19. The summed E-state index contributed by atoms with van der Waals surface area (Å²) in [6, 6.07) is 4.38. The molecular weight excluding hydrogens is 229 g/mol. The molecule has 0 saturated carbocycles. The van der Waals surface area contributed by atoms with Crippen LogP contribution in [0.25, 0.3) is 0 Å². The standard InChI is InChI=1S/C12H17ClFNO/c1-8(2)16-7-12(15-3)10-5-4-9(14)6-11(10)13/h4-6,8,12,15H,7H2,1-3H3. The fourth-order valence-electron chi connectivity index (χ4n) is 1.40. The van der Waals surface area contributed by atoms with Crippen LogP contribution < -0.4 is 5.32 Å². The molecule has 1 aromatic rings. The van der Waals surface area contributed by atoms with E-state index in [0.29, 0.717) is 11.6 Å². The molecule has 2 nitrogen and oxygen atoms in total. The van der Waals surface area contributed by atoms with E-state index in [4.69, 9.17) is 16.3 Å². The lowest BCUT2D eigenvalue weighted by molar-refractivity contribution is 0.0626. The molecule has 0 radical (unpaired) electrons. The molecule has 0 heterocycles. The van der Waals surface area contributed by atoms with E-state index in [0.717, 1.165) is 5.56 Å². The van der Waals surface area contributed by atoms with Crippen molar-refractivity contribution in [3.8, 4) is 0 Å². The van der Waals surface area contributed by atoms with Gasteiger partial charge in [-0.25, -0.2) is 4.39 Å². The predicted octanol–water partition coefficient (Wildman–Crippen LogP) is 3.16. The van der Waals surface area contributed by atoms with Crippen LogP contribution in [0.5, 0.6) is 0 Å². The Kier molecular flexibility index (Phi) is 5.19. The van der Waals surface area contributed by atoms with Gasteiger partial charge in [0, 0.05) is 5.02 Å². The zero-order chi connectivity index (χ0) is 12.1. The highest BCUT2D eigenvalue weighted by atomic mass is 35.5. The molecule has 0 fully saturated rings. The fourth-order valence-corrected chi connectivity index (χ4v) is 1.70. The first-order valence-electron chi connectivity index (χ1n) is 5.28. The van der Waals surface area contributed by atoms with Crippen molar-refractivity contribution in [2.75, 3.05) is 13.7 Å². The van der Waals surface area contributed by atoms with Crippen molar-refractivity contribution < 1.29 is 9.13 Å². The number of likely N-dealkylation sites (N-methyl/N-ethyl adjacent to an activating group) is 1. The Bertz CT molecular complexity index is 344. The van der Waals surface area contributed by atoms with E-state index < -0.39 is 0 Å². The average Bonchev–Trinajstić information content (AvgIpc) is 2.21. The van der Waals surface area contributed by atoms with Crippen LogP contribution in [0.3, 0.4) is 0 Å². The minimum atomic E-state index is -0.326. The minimum absolute atomic E-state index is 0.0181. The largest absolute Gasteiger partial charge is 0.377 e. The summed E-state index contributed by atoms with van der Waals surface area (Å²) in [6.07, 6.45) is 0.162. The number of rotatable bonds is 5. The van der Waals surface area contributed by atoms with Gasteiger partial charge in [-0.2, -0.15) is 0 Å². The van der Waals surface area contributed by atoms with E-state index in [1.54, 1.807) is 6.07 Å². The van der Waals surface area contributed by atoms with Crippen molar-refractivity contribution in [2.24, 2.45) is 0 Å². The highest BCUT2D eigenvalue weighted by Crippen LogP contribution is 2.24. The van der Waals surface area contributed by atoms with Crippen LogP contribution in [0.4, 0.5) is 4.39 Å². The summed E-state index contributed by atoms with van der Waals surface area (Å²) in [5.41, 5.74) is 0.853. The third-order valence-corrected chi connectivity index (χ3v) is 2.61. The predicted molar refractivity (Wildman–Crippen MR) is 64.3 cm³/mol. The first kappa shape index (κ1) is 13.4. The first-order valence-corrected chi connectivity index (χ1v) is 5.66. The number of hydrogen-bond acceptors (Lipinski definition) is 2. The molecule has 4 heteroatoms. The zero-order valence-electron chi connectivity index (χ0n) is 9.76. The molecule has 0 bridgehead atoms. The molecule has 1 rings (SSSR count). The van der Waals surface area contributed by atoms with Gasteiger partial charge in [-0.1, -0.05) is 17.7 Å². The Labute approximate surface area is 101 Å². The quantitative estimate of drug-likeness (QED) is 0.861. The number of ether oxygens (including phenoxy) is 1. The summed E-state index contributed by atoms with van der Waals surface area (Å²) < 4.78 is 18.4. The molecule has 1 aromatic carbocycles. The van der Waals surface area contributed by atoms with Crippen LogP contribution in [0.2, 0.25) is 5.02 Å². The third-order valence-electron chi connectivity index (χ3n) is 2.28. The second kappa shape index (κ2) is 6.18. The van der Waals surface area contributed by atoms with E-state index in [1.807, 2.05) is 20.9 Å². The van der Waals surface area contributed by atoms with Crippen molar-refractivity contribution in [2.45, 2.75) is 26.0 Å². The Morgan fingerprint density at radius 2 is 2.12 bits per heavy atom. The van der Waals surface area contributed by atoms with Crippen LogP contribution in [-0.4, -0.2) is 19.8 Å². The van der Waals surface area contributed by atoms with Crippen LogP contribution in [0.1, 0.15) is 25.5 Å². The molecule has 0 amide bonds. The lowest BCUT2D eigenvalue weighted by atomic mass is 10.1. The van der Waals surface area contributed by atoms with E-state index in [2.05, 4.69) is 5.32 Å². The number of halogens is 2. The summed E-state index contributed by atoms with van der Waals surface area (Å²) in [4.78, 5) is 0. The van der Waals surface area contributed by atoms with Gasteiger partial charge in [0.05, 0.1) is 18.8 Å². The highest BCUT2D eigenvalue weighted by Gasteiger charge is 2.14.